The van der Waals surface area contributed by atoms with Gasteiger partial charge >= 0.3 is 5.69 Å². The van der Waals surface area contributed by atoms with Crippen molar-refractivity contribution in [1.29, 1.82) is 0 Å². The van der Waals surface area contributed by atoms with E-state index in [9.17, 15) is 4.79 Å². The molecular formula is C25H27N7O4. The van der Waals surface area contributed by atoms with Crippen LogP contribution >= 0.6 is 0 Å². The molecule has 1 saturated heterocycles. The van der Waals surface area contributed by atoms with Gasteiger partial charge in [0.05, 0.1) is 25.6 Å². The Hall–Kier alpha value is -3.99. The Labute approximate surface area is 206 Å². The van der Waals surface area contributed by atoms with Crippen LogP contribution in [-0.2, 0) is 18.8 Å². The first-order chi connectivity index (χ1) is 17.5. The molecule has 11 heteroatoms. The summed E-state index contributed by atoms with van der Waals surface area (Å²) in [5, 5.41) is 8.55. The van der Waals surface area contributed by atoms with Gasteiger partial charge in [-0.2, -0.15) is 15.2 Å². The van der Waals surface area contributed by atoms with E-state index in [1.807, 2.05) is 32.6 Å². The highest BCUT2D eigenvalue weighted by Gasteiger charge is 2.30. The number of rotatable bonds is 5. The summed E-state index contributed by atoms with van der Waals surface area (Å²) in [5.74, 6) is 0.552. The van der Waals surface area contributed by atoms with Crippen molar-refractivity contribution in [2.75, 3.05) is 13.7 Å². The molecular weight excluding hydrogens is 462 g/mol. The molecule has 5 aromatic rings. The van der Waals surface area contributed by atoms with Crippen LogP contribution in [0.4, 0.5) is 0 Å². The van der Waals surface area contributed by atoms with Crippen LogP contribution in [0.3, 0.4) is 0 Å². The fraction of sp³-hybridized carbons (Fsp3) is 0.400. The number of hydrogen-bond donors (Lipinski definition) is 0. The lowest BCUT2D eigenvalue weighted by molar-refractivity contribution is -0.00710. The van der Waals surface area contributed by atoms with Gasteiger partial charge in [-0.25, -0.2) is 9.78 Å². The van der Waals surface area contributed by atoms with Crippen LogP contribution in [0.2, 0.25) is 0 Å². The molecule has 2 atom stereocenters. The Bertz CT molecular complexity index is 1640. The normalized spacial score (nSPS) is 18.3. The lowest BCUT2D eigenvalue weighted by atomic mass is 10.0. The molecule has 0 aliphatic carbocycles. The first kappa shape index (κ1) is 22.5. The lowest BCUT2D eigenvalue weighted by Gasteiger charge is -2.30. The zero-order chi connectivity index (χ0) is 25.0. The van der Waals surface area contributed by atoms with E-state index in [0.29, 0.717) is 57.9 Å². The highest BCUT2D eigenvalue weighted by molar-refractivity contribution is 6.05. The molecule has 0 unspecified atom stereocenters. The molecule has 1 aliphatic rings. The minimum absolute atomic E-state index is 0.0827. The number of pyridine rings is 1. The van der Waals surface area contributed by atoms with E-state index >= 15 is 0 Å². The van der Waals surface area contributed by atoms with Gasteiger partial charge < -0.3 is 13.9 Å². The molecule has 1 aliphatic heterocycles. The van der Waals surface area contributed by atoms with Gasteiger partial charge in [-0.1, -0.05) is 6.92 Å². The summed E-state index contributed by atoms with van der Waals surface area (Å²) in [5.41, 5.74) is 4.44. The minimum Gasteiger partial charge on any atom is -0.494 e. The molecule has 0 aromatic carbocycles. The lowest BCUT2D eigenvalue weighted by Crippen LogP contribution is -2.34. The van der Waals surface area contributed by atoms with Crippen LogP contribution < -0.4 is 10.4 Å². The first-order valence-corrected chi connectivity index (χ1v) is 12.0. The Morgan fingerprint density at radius 1 is 1.08 bits per heavy atom. The van der Waals surface area contributed by atoms with Crippen LogP contribution in [0.1, 0.15) is 32.2 Å². The zero-order valence-corrected chi connectivity index (χ0v) is 20.6. The van der Waals surface area contributed by atoms with Crippen molar-refractivity contribution in [3.63, 3.8) is 0 Å². The molecule has 0 bridgehead atoms. The Balaban J connectivity index is 1.68. The van der Waals surface area contributed by atoms with Crippen molar-refractivity contribution >= 4 is 22.2 Å². The molecule has 0 N–H and O–H groups in total. The van der Waals surface area contributed by atoms with E-state index in [-0.39, 0.29) is 17.8 Å². The van der Waals surface area contributed by atoms with Crippen LogP contribution in [0.25, 0.3) is 44.7 Å². The third-order valence-electron chi connectivity index (χ3n) is 6.81. The van der Waals surface area contributed by atoms with E-state index in [1.165, 1.54) is 0 Å². The predicted molar refractivity (Wildman–Crippen MR) is 133 cm³/mol. The molecule has 0 amide bonds. The summed E-state index contributed by atoms with van der Waals surface area (Å²) in [6.07, 6.45) is 9.49. The van der Waals surface area contributed by atoms with Crippen LogP contribution in [0.5, 0.6) is 5.75 Å². The average molecular weight is 490 g/mol. The first-order valence-electron chi connectivity index (χ1n) is 12.0. The van der Waals surface area contributed by atoms with E-state index in [4.69, 9.17) is 18.9 Å². The van der Waals surface area contributed by atoms with E-state index in [2.05, 4.69) is 22.1 Å². The maximum Gasteiger partial charge on any atom is 0.349 e. The van der Waals surface area contributed by atoms with Crippen LogP contribution in [0, 0.1) is 0 Å². The second kappa shape index (κ2) is 8.59. The van der Waals surface area contributed by atoms with Crippen LogP contribution in [-0.4, -0.2) is 53.9 Å². The molecule has 11 nitrogen and oxygen atoms in total. The molecule has 0 saturated carbocycles. The van der Waals surface area contributed by atoms with Crippen LogP contribution in [0.15, 0.2) is 40.1 Å². The summed E-state index contributed by atoms with van der Waals surface area (Å²) >= 11 is 0. The third-order valence-corrected chi connectivity index (χ3v) is 6.81. The van der Waals surface area contributed by atoms with Gasteiger partial charge in [0, 0.05) is 56.3 Å². The Kier molecular flexibility index (Phi) is 5.36. The number of ether oxygens (including phenoxy) is 2. The standard InChI is InChI=1S/C25H27N7O4/c1-5-17-8-16(6-7-35-17)32-23-22-19(9-18(34-4)20(28-22)14-10-26-30(2)12-14)36-24(23)21(29-25(32)33)15-11-27-31(3)13-15/h9-13,16-17H,5-8H2,1-4H3/t16-,17-/m0/s1. The molecule has 186 valence electrons. The number of hydrogen-bond acceptors (Lipinski definition) is 8. The van der Waals surface area contributed by atoms with Gasteiger partial charge in [-0.05, 0) is 19.3 Å². The van der Waals surface area contributed by atoms with Gasteiger partial charge in [-0.3, -0.25) is 13.9 Å². The summed E-state index contributed by atoms with van der Waals surface area (Å²) < 4.78 is 23.0. The third kappa shape index (κ3) is 3.58. The summed E-state index contributed by atoms with van der Waals surface area (Å²) in [7, 11) is 5.26. The maximum absolute atomic E-state index is 13.6. The second-order valence-electron chi connectivity index (χ2n) is 9.16. The largest absolute Gasteiger partial charge is 0.494 e. The van der Waals surface area contributed by atoms with Gasteiger partial charge in [-0.15, -0.1) is 0 Å². The number of methoxy groups -OCH3 is 1. The monoisotopic (exact) mass is 489 g/mol. The zero-order valence-electron chi connectivity index (χ0n) is 20.6. The quantitative estimate of drug-likeness (QED) is 0.369. The maximum atomic E-state index is 13.6. The molecule has 5 aromatic heterocycles. The number of furan rings is 1. The van der Waals surface area contributed by atoms with Gasteiger partial charge in [0.1, 0.15) is 28.2 Å². The van der Waals surface area contributed by atoms with Crippen molar-refractivity contribution < 1.29 is 13.9 Å². The summed E-state index contributed by atoms with van der Waals surface area (Å²) in [6, 6.07) is 1.73. The topological polar surface area (TPSA) is 115 Å². The highest BCUT2D eigenvalue weighted by Crippen LogP contribution is 2.39. The number of nitrogens with zero attached hydrogens (tertiary/aromatic N) is 7. The number of fused-ring (bicyclic) bond motifs is 3. The smallest absolute Gasteiger partial charge is 0.349 e. The molecule has 36 heavy (non-hydrogen) atoms. The predicted octanol–water partition coefficient (Wildman–Crippen LogP) is 3.48. The molecule has 6 rings (SSSR count). The fourth-order valence-electron chi connectivity index (χ4n) is 5.03. The molecule has 0 spiro atoms. The van der Waals surface area contributed by atoms with E-state index in [1.54, 1.807) is 33.4 Å². The molecule has 6 heterocycles. The highest BCUT2D eigenvalue weighted by atomic mass is 16.5. The van der Waals surface area contributed by atoms with Crippen molar-refractivity contribution in [3.8, 4) is 28.3 Å². The average Bonchev–Trinajstić information content (AvgIpc) is 3.61. The van der Waals surface area contributed by atoms with Crippen molar-refractivity contribution in [2.24, 2.45) is 14.1 Å². The van der Waals surface area contributed by atoms with Crippen molar-refractivity contribution in [1.82, 2.24) is 34.1 Å². The van der Waals surface area contributed by atoms with Crippen molar-refractivity contribution in [3.05, 3.63) is 41.3 Å². The number of aryl methyl sites for hydroxylation is 2. The minimum atomic E-state index is -0.341. The Morgan fingerprint density at radius 3 is 2.44 bits per heavy atom. The van der Waals surface area contributed by atoms with Crippen molar-refractivity contribution in [2.45, 2.75) is 38.3 Å². The van der Waals surface area contributed by atoms with Gasteiger partial charge in [0.25, 0.3) is 0 Å². The summed E-state index contributed by atoms with van der Waals surface area (Å²) in [4.78, 5) is 23.1. The fourth-order valence-corrected chi connectivity index (χ4v) is 5.03. The Morgan fingerprint density at radius 2 is 1.81 bits per heavy atom. The SMILES string of the molecule is CC[C@H]1C[C@@H](n2c(=O)nc(-c3cnn(C)c3)c3oc4cc(OC)c(-c5cnn(C)c5)nc4c32)CCO1. The van der Waals surface area contributed by atoms with Gasteiger partial charge in [0.15, 0.2) is 11.2 Å². The molecule has 1 fully saturated rings. The van der Waals surface area contributed by atoms with E-state index in [0.717, 1.165) is 18.4 Å². The number of aromatic nitrogens is 7. The van der Waals surface area contributed by atoms with E-state index < -0.39 is 0 Å². The summed E-state index contributed by atoms with van der Waals surface area (Å²) in [6.45, 7) is 2.68. The van der Waals surface area contributed by atoms with Gasteiger partial charge in [0.2, 0.25) is 0 Å². The molecule has 0 radical (unpaired) electrons. The second-order valence-corrected chi connectivity index (χ2v) is 9.16.